The Bertz CT molecular complexity index is 812. The fraction of sp³-hybridized carbons (Fsp3) is 0.476. The van der Waals surface area contributed by atoms with Gasteiger partial charge in [-0.3, -0.25) is 14.5 Å². The molecule has 2 amide bonds. The van der Waals surface area contributed by atoms with Gasteiger partial charge in [-0.25, -0.2) is 4.98 Å². The fourth-order valence-corrected chi connectivity index (χ4v) is 3.58. The van der Waals surface area contributed by atoms with Gasteiger partial charge in [-0.05, 0) is 56.9 Å². The van der Waals surface area contributed by atoms with E-state index in [-0.39, 0.29) is 18.2 Å². The molecule has 2 atom stereocenters. The predicted octanol–water partition coefficient (Wildman–Crippen LogP) is 4.25. The standard InChI is InChI=1S/C21H26ClF3N4O2/c1-3-5-16(11-28(14-30)13-21(23,24)25)17-6-4-9-29(12-17)15(2)20(31)27-19-8-7-18(22)10-26-19/h3,5,7-8,10-11,14-15,17H,4,6,9,12-13H2,1-2H3,(H,26,27,31)/b5-3-,16-11+. The second kappa shape index (κ2) is 11.3. The summed E-state index contributed by atoms with van der Waals surface area (Å²) in [4.78, 5) is 30.4. The number of pyridine rings is 1. The van der Waals surface area contributed by atoms with Crippen molar-refractivity contribution in [1.82, 2.24) is 14.8 Å². The van der Waals surface area contributed by atoms with Crippen LogP contribution in [0.5, 0.6) is 0 Å². The Labute approximate surface area is 184 Å². The number of aromatic nitrogens is 1. The second-order valence-electron chi connectivity index (χ2n) is 7.38. The van der Waals surface area contributed by atoms with Crippen LogP contribution in [0.4, 0.5) is 19.0 Å². The molecule has 1 N–H and O–H groups in total. The molecule has 1 saturated heterocycles. The number of alkyl halides is 3. The molecule has 10 heteroatoms. The zero-order valence-corrected chi connectivity index (χ0v) is 18.2. The van der Waals surface area contributed by atoms with Crippen LogP contribution in [0.2, 0.25) is 5.02 Å². The summed E-state index contributed by atoms with van der Waals surface area (Å²) in [7, 11) is 0. The molecular weight excluding hydrogens is 433 g/mol. The third kappa shape index (κ3) is 7.99. The fourth-order valence-electron chi connectivity index (χ4n) is 3.47. The Morgan fingerprint density at radius 3 is 2.77 bits per heavy atom. The van der Waals surface area contributed by atoms with Crippen molar-refractivity contribution in [2.75, 3.05) is 25.0 Å². The van der Waals surface area contributed by atoms with E-state index in [1.807, 2.05) is 4.90 Å². The first kappa shape index (κ1) is 24.9. The van der Waals surface area contributed by atoms with Crippen LogP contribution in [0.1, 0.15) is 26.7 Å². The van der Waals surface area contributed by atoms with Crippen molar-refractivity contribution in [3.63, 3.8) is 0 Å². The average Bonchev–Trinajstić information content (AvgIpc) is 2.73. The zero-order valence-electron chi connectivity index (χ0n) is 17.4. The van der Waals surface area contributed by atoms with Gasteiger partial charge in [-0.1, -0.05) is 23.8 Å². The summed E-state index contributed by atoms with van der Waals surface area (Å²) in [6.07, 6.45) is 3.33. The number of nitrogens with zero attached hydrogens (tertiary/aromatic N) is 3. The lowest BCUT2D eigenvalue weighted by Gasteiger charge is -2.37. The number of allylic oxidation sites excluding steroid dienone is 2. The first-order valence-corrected chi connectivity index (χ1v) is 10.3. The number of carbonyl (C=O) groups is 2. The van der Waals surface area contributed by atoms with Gasteiger partial charge < -0.3 is 10.2 Å². The van der Waals surface area contributed by atoms with Gasteiger partial charge in [-0.15, -0.1) is 0 Å². The number of carbonyl (C=O) groups excluding carboxylic acids is 2. The van der Waals surface area contributed by atoms with Crippen molar-refractivity contribution >= 4 is 29.7 Å². The molecule has 1 fully saturated rings. The highest BCUT2D eigenvalue weighted by atomic mass is 35.5. The Morgan fingerprint density at radius 1 is 1.45 bits per heavy atom. The molecule has 170 valence electrons. The first-order valence-electron chi connectivity index (χ1n) is 9.91. The second-order valence-corrected chi connectivity index (χ2v) is 7.82. The topological polar surface area (TPSA) is 65.5 Å². The molecule has 0 bridgehead atoms. The van der Waals surface area contributed by atoms with Crippen LogP contribution in [0.3, 0.4) is 0 Å². The van der Waals surface area contributed by atoms with Crippen LogP contribution in [0.15, 0.2) is 42.3 Å². The smallest absolute Gasteiger partial charge is 0.312 e. The maximum Gasteiger partial charge on any atom is 0.406 e. The van der Waals surface area contributed by atoms with E-state index in [9.17, 15) is 22.8 Å². The van der Waals surface area contributed by atoms with Crippen molar-refractivity contribution in [1.29, 1.82) is 0 Å². The van der Waals surface area contributed by atoms with Crippen molar-refractivity contribution < 1.29 is 22.8 Å². The Hall–Kier alpha value is -2.39. The number of nitrogens with one attached hydrogen (secondary N) is 1. The number of amides is 2. The average molecular weight is 459 g/mol. The molecule has 0 aliphatic carbocycles. The first-order chi connectivity index (χ1) is 14.6. The number of hydrogen-bond acceptors (Lipinski definition) is 4. The highest BCUT2D eigenvalue weighted by Gasteiger charge is 2.32. The molecule has 0 saturated carbocycles. The summed E-state index contributed by atoms with van der Waals surface area (Å²) in [5.41, 5.74) is 0.621. The molecule has 6 nitrogen and oxygen atoms in total. The molecule has 1 aliphatic heterocycles. The van der Waals surface area contributed by atoms with Crippen LogP contribution in [0, 0.1) is 5.92 Å². The largest absolute Gasteiger partial charge is 0.406 e. The van der Waals surface area contributed by atoms with E-state index in [4.69, 9.17) is 11.6 Å². The van der Waals surface area contributed by atoms with Crippen LogP contribution in [-0.2, 0) is 9.59 Å². The molecule has 1 aromatic rings. The van der Waals surface area contributed by atoms with E-state index in [0.29, 0.717) is 34.4 Å². The molecular formula is C21H26ClF3N4O2. The van der Waals surface area contributed by atoms with Gasteiger partial charge in [0.25, 0.3) is 0 Å². The third-order valence-corrected chi connectivity index (χ3v) is 5.22. The quantitative estimate of drug-likeness (QED) is 0.467. The van der Waals surface area contributed by atoms with Crippen molar-refractivity contribution in [3.05, 3.63) is 47.3 Å². The number of anilines is 1. The molecule has 1 aromatic heterocycles. The number of rotatable bonds is 8. The van der Waals surface area contributed by atoms with Gasteiger partial charge in [0, 0.05) is 18.9 Å². The normalized spacial score (nSPS) is 19.3. The number of halogens is 4. The summed E-state index contributed by atoms with van der Waals surface area (Å²) in [6, 6.07) is 2.76. The predicted molar refractivity (Wildman–Crippen MR) is 113 cm³/mol. The Kier molecular flexibility index (Phi) is 9.06. The highest BCUT2D eigenvalue weighted by molar-refractivity contribution is 6.30. The maximum atomic E-state index is 12.7. The molecule has 1 aliphatic rings. The number of likely N-dealkylation sites (tertiary alicyclic amines) is 1. The minimum atomic E-state index is -4.49. The van der Waals surface area contributed by atoms with E-state index >= 15 is 0 Å². The molecule has 0 spiro atoms. The minimum absolute atomic E-state index is 0.107. The monoisotopic (exact) mass is 458 g/mol. The highest BCUT2D eigenvalue weighted by Crippen LogP contribution is 2.27. The van der Waals surface area contributed by atoms with Gasteiger partial charge >= 0.3 is 6.18 Å². The third-order valence-electron chi connectivity index (χ3n) is 5.00. The summed E-state index contributed by atoms with van der Waals surface area (Å²) >= 11 is 5.80. The number of hydrogen-bond donors (Lipinski definition) is 1. The Morgan fingerprint density at radius 2 is 2.19 bits per heavy atom. The number of piperidine rings is 1. The lowest BCUT2D eigenvalue weighted by molar-refractivity contribution is -0.148. The zero-order chi connectivity index (χ0) is 23.0. The lowest BCUT2D eigenvalue weighted by atomic mass is 9.89. The molecule has 2 heterocycles. The maximum absolute atomic E-state index is 12.7. The van der Waals surface area contributed by atoms with Crippen molar-refractivity contribution in [3.8, 4) is 0 Å². The molecule has 0 aromatic carbocycles. The van der Waals surface area contributed by atoms with Gasteiger partial charge in [0.1, 0.15) is 12.4 Å². The van der Waals surface area contributed by atoms with Crippen molar-refractivity contribution in [2.24, 2.45) is 5.92 Å². The van der Waals surface area contributed by atoms with Crippen LogP contribution in [-0.4, -0.2) is 59.0 Å². The molecule has 2 rings (SSSR count). The minimum Gasteiger partial charge on any atom is -0.312 e. The molecule has 2 unspecified atom stereocenters. The summed E-state index contributed by atoms with van der Waals surface area (Å²) in [6.45, 7) is 3.35. The summed E-state index contributed by atoms with van der Waals surface area (Å²) in [5.74, 6) is 0.0428. The van der Waals surface area contributed by atoms with Gasteiger partial charge in [0.2, 0.25) is 12.3 Å². The van der Waals surface area contributed by atoms with E-state index in [2.05, 4.69) is 10.3 Å². The van der Waals surface area contributed by atoms with Gasteiger partial charge in [0.15, 0.2) is 0 Å². The van der Waals surface area contributed by atoms with Gasteiger partial charge in [0.05, 0.1) is 11.1 Å². The van der Waals surface area contributed by atoms with E-state index in [1.165, 1.54) is 12.4 Å². The van der Waals surface area contributed by atoms with Crippen molar-refractivity contribution in [2.45, 2.75) is 38.9 Å². The van der Waals surface area contributed by atoms with E-state index in [1.54, 1.807) is 38.1 Å². The molecule has 31 heavy (non-hydrogen) atoms. The Balaban J connectivity index is 2.10. The van der Waals surface area contributed by atoms with Crippen LogP contribution >= 0.6 is 11.6 Å². The van der Waals surface area contributed by atoms with E-state index < -0.39 is 18.8 Å². The molecule has 0 radical (unpaired) electrons. The lowest BCUT2D eigenvalue weighted by Crippen LogP contribution is -2.47. The van der Waals surface area contributed by atoms with Crippen LogP contribution < -0.4 is 5.32 Å². The van der Waals surface area contributed by atoms with Gasteiger partial charge in [-0.2, -0.15) is 13.2 Å². The summed E-state index contributed by atoms with van der Waals surface area (Å²) in [5, 5.41) is 3.21. The van der Waals surface area contributed by atoms with E-state index in [0.717, 1.165) is 12.8 Å². The van der Waals surface area contributed by atoms with Crippen LogP contribution in [0.25, 0.3) is 0 Å². The SMILES string of the molecule is C/C=C\C(=C/N(C=O)CC(F)(F)F)C1CCCN(C(C)C(=O)Nc2ccc(Cl)cn2)C1. The summed E-state index contributed by atoms with van der Waals surface area (Å²) < 4.78 is 38.1.